The van der Waals surface area contributed by atoms with Gasteiger partial charge in [-0.2, -0.15) is 0 Å². The molecule has 1 atom stereocenters. The van der Waals surface area contributed by atoms with Crippen molar-refractivity contribution in [1.29, 1.82) is 0 Å². The summed E-state index contributed by atoms with van der Waals surface area (Å²) in [5.74, 6) is 1.66. The summed E-state index contributed by atoms with van der Waals surface area (Å²) in [4.78, 5) is 5.18. The van der Waals surface area contributed by atoms with E-state index in [-0.39, 0.29) is 5.60 Å². The molecule has 2 aliphatic heterocycles. The Morgan fingerprint density at radius 3 is 2.40 bits per heavy atom. The summed E-state index contributed by atoms with van der Waals surface area (Å²) in [5.41, 5.74) is -0.380. The molecule has 3 fully saturated rings. The van der Waals surface area contributed by atoms with E-state index in [1.807, 2.05) is 0 Å². The second kappa shape index (κ2) is 6.33. The van der Waals surface area contributed by atoms with E-state index in [0.29, 0.717) is 0 Å². The van der Waals surface area contributed by atoms with Crippen LogP contribution in [0.5, 0.6) is 0 Å². The first-order chi connectivity index (χ1) is 9.63. The third-order valence-electron chi connectivity index (χ3n) is 5.81. The lowest BCUT2D eigenvalue weighted by molar-refractivity contribution is -0.0314. The normalized spacial score (nSPS) is 40.5. The van der Waals surface area contributed by atoms with E-state index in [2.05, 4.69) is 16.7 Å². The molecule has 3 rings (SSSR count). The summed E-state index contributed by atoms with van der Waals surface area (Å²) in [7, 11) is 0. The molecule has 0 spiro atoms. The number of likely N-dealkylation sites (tertiary alicyclic amines) is 2. The van der Waals surface area contributed by atoms with E-state index >= 15 is 0 Å². The van der Waals surface area contributed by atoms with Crippen LogP contribution in [0, 0.1) is 11.8 Å². The minimum absolute atomic E-state index is 0.380. The molecule has 0 aromatic rings. The van der Waals surface area contributed by atoms with Crippen LogP contribution in [0.25, 0.3) is 0 Å². The summed E-state index contributed by atoms with van der Waals surface area (Å²) < 4.78 is 0. The Kier molecular flexibility index (Phi) is 4.68. The minimum Gasteiger partial charge on any atom is -0.389 e. The van der Waals surface area contributed by atoms with Gasteiger partial charge in [0.15, 0.2) is 0 Å². The van der Waals surface area contributed by atoms with Gasteiger partial charge in [0.2, 0.25) is 0 Å². The highest BCUT2D eigenvalue weighted by atomic mass is 16.3. The van der Waals surface area contributed by atoms with E-state index in [0.717, 1.165) is 31.2 Å². The SMILES string of the molecule is CC1CCC(O)(CN2CCC(CN3CCCC3)C2)CC1. The van der Waals surface area contributed by atoms with Crippen molar-refractivity contribution in [1.82, 2.24) is 9.80 Å². The Bertz CT molecular complexity index is 306. The molecule has 3 heteroatoms. The number of nitrogens with zero attached hydrogens (tertiary/aromatic N) is 2. The lowest BCUT2D eigenvalue weighted by Gasteiger charge is -2.37. The number of hydrogen-bond donors (Lipinski definition) is 1. The van der Waals surface area contributed by atoms with Crippen LogP contribution >= 0.6 is 0 Å². The average Bonchev–Trinajstić information content (AvgIpc) is 3.06. The van der Waals surface area contributed by atoms with Crippen LogP contribution < -0.4 is 0 Å². The molecule has 20 heavy (non-hydrogen) atoms. The van der Waals surface area contributed by atoms with Gasteiger partial charge >= 0.3 is 0 Å². The summed E-state index contributed by atoms with van der Waals surface area (Å²) in [6.07, 6.45) is 8.58. The second-order valence-electron chi connectivity index (χ2n) is 7.80. The summed E-state index contributed by atoms with van der Waals surface area (Å²) in [5, 5.41) is 10.8. The van der Waals surface area contributed by atoms with Gasteiger partial charge in [-0.3, -0.25) is 0 Å². The van der Waals surface area contributed by atoms with Crippen molar-refractivity contribution in [2.45, 2.75) is 57.5 Å². The number of β-amino-alcohol motifs (C(OH)–C–C–N with tert-alkyl or cyclic N) is 1. The highest BCUT2D eigenvalue weighted by molar-refractivity contribution is 4.90. The average molecular weight is 280 g/mol. The summed E-state index contributed by atoms with van der Waals surface area (Å²) in [6.45, 7) is 9.60. The molecule has 1 aliphatic carbocycles. The number of aliphatic hydroxyl groups is 1. The lowest BCUT2D eigenvalue weighted by Crippen LogP contribution is -2.44. The molecule has 3 aliphatic rings. The first-order valence-corrected chi connectivity index (χ1v) is 8.80. The number of hydrogen-bond acceptors (Lipinski definition) is 3. The predicted molar refractivity (Wildman–Crippen MR) is 82.8 cm³/mol. The van der Waals surface area contributed by atoms with Gasteiger partial charge in [0.05, 0.1) is 5.60 Å². The third-order valence-corrected chi connectivity index (χ3v) is 5.81. The van der Waals surface area contributed by atoms with Crippen molar-refractivity contribution >= 4 is 0 Å². The topological polar surface area (TPSA) is 26.7 Å². The predicted octanol–water partition coefficient (Wildman–Crippen LogP) is 2.35. The fraction of sp³-hybridized carbons (Fsp3) is 1.00. The number of rotatable bonds is 4. The van der Waals surface area contributed by atoms with Gasteiger partial charge in [-0.25, -0.2) is 0 Å². The van der Waals surface area contributed by atoms with E-state index in [1.165, 1.54) is 64.8 Å². The van der Waals surface area contributed by atoms with Gasteiger partial charge in [-0.1, -0.05) is 6.92 Å². The van der Waals surface area contributed by atoms with Gasteiger partial charge < -0.3 is 14.9 Å². The van der Waals surface area contributed by atoms with Crippen molar-refractivity contribution in [2.24, 2.45) is 11.8 Å². The molecule has 2 heterocycles. The van der Waals surface area contributed by atoms with Crippen molar-refractivity contribution in [3.8, 4) is 0 Å². The minimum atomic E-state index is -0.380. The standard InChI is InChI=1S/C17H32N2O/c1-15-4-7-17(20,8-5-15)14-19-11-6-16(13-19)12-18-9-2-3-10-18/h15-16,20H,2-14H2,1H3. The molecular weight excluding hydrogens is 248 g/mol. The highest BCUT2D eigenvalue weighted by Gasteiger charge is 2.36. The van der Waals surface area contributed by atoms with Gasteiger partial charge in [0.1, 0.15) is 0 Å². The fourth-order valence-corrected chi connectivity index (χ4v) is 4.41. The van der Waals surface area contributed by atoms with E-state index in [4.69, 9.17) is 0 Å². The molecule has 0 bridgehead atoms. The van der Waals surface area contributed by atoms with Gasteiger partial charge in [-0.15, -0.1) is 0 Å². The van der Waals surface area contributed by atoms with Crippen LogP contribution in [0.4, 0.5) is 0 Å². The fourth-order valence-electron chi connectivity index (χ4n) is 4.41. The van der Waals surface area contributed by atoms with E-state index in [1.54, 1.807) is 0 Å². The van der Waals surface area contributed by atoms with Crippen LogP contribution in [0.15, 0.2) is 0 Å². The van der Waals surface area contributed by atoms with Gasteiger partial charge in [0.25, 0.3) is 0 Å². The molecule has 0 aromatic carbocycles. The molecule has 1 saturated carbocycles. The van der Waals surface area contributed by atoms with Crippen LogP contribution in [0.3, 0.4) is 0 Å². The third kappa shape index (κ3) is 3.75. The van der Waals surface area contributed by atoms with Crippen molar-refractivity contribution in [3.05, 3.63) is 0 Å². The first-order valence-electron chi connectivity index (χ1n) is 8.80. The zero-order valence-electron chi connectivity index (χ0n) is 13.2. The zero-order chi connectivity index (χ0) is 14.0. The molecule has 1 N–H and O–H groups in total. The van der Waals surface area contributed by atoms with Crippen molar-refractivity contribution < 1.29 is 5.11 Å². The highest BCUT2D eigenvalue weighted by Crippen LogP contribution is 2.33. The van der Waals surface area contributed by atoms with E-state index in [9.17, 15) is 5.11 Å². The zero-order valence-corrected chi connectivity index (χ0v) is 13.2. The van der Waals surface area contributed by atoms with E-state index < -0.39 is 0 Å². The monoisotopic (exact) mass is 280 g/mol. The van der Waals surface area contributed by atoms with Crippen LogP contribution in [0.1, 0.15) is 51.9 Å². The largest absolute Gasteiger partial charge is 0.389 e. The van der Waals surface area contributed by atoms with Crippen LogP contribution in [-0.2, 0) is 0 Å². The molecule has 2 saturated heterocycles. The molecule has 116 valence electrons. The molecule has 1 unspecified atom stereocenters. The lowest BCUT2D eigenvalue weighted by atomic mass is 9.79. The Hall–Kier alpha value is -0.120. The maximum Gasteiger partial charge on any atom is 0.0774 e. The molecule has 0 amide bonds. The maximum atomic E-state index is 10.8. The second-order valence-corrected chi connectivity index (χ2v) is 7.80. The Morgan fingerprint density at radius 1 is 1.00 bits per heavy atom. The Morgan fingerprint density at radius 2 is 1.70 bits per heavy atom. The van der Waals surface area contributed by atoms with Gasteiger partial charge in [-0.05, 0) is 76.4 Å². The maximum absolute atomic E-state index is 10.8. The van der Waals surface area contributed by atoms with Crippen molar-refractivity contribution in [2.75, 3.05) is 39.3 Å². The summed E-state index contributed by atoms with van der Waals surface area (Å²) in [6, 6.07) is 0. The molecular formula is C17H32N2O. The van der Waals surface area contributed by atoms with Crippen LogP contribution in [-0.4, -0.2) is 59.8 Å². The smallest absolute Gasteiger partial charge is 0.0774 e. The first kappa shape index (κ1) is 14.8. The van der Waals surface area contributed by atoms with Gasteiger partial charge in [0, 0.05) is 19.6 Å². The molecule has 0 aromatic heterocycles. The Balaban J connectivity index is 1.43. The summed E-state index contributed by atoms with van der Waals surface area (Å²) >= 11 is 0. The quantitative estimate of drug-likeness (QED) is 0.856. The Labute approximate surface area is 124 Å². The van der Waals surface area contributed by atoms with Crippen molar-refractivity contribution in [3.63, 3.8) is 0 Å². The molecule has 3 nitrogen and oxygen atoms in total. The van der Waals surface area contributed by atoms with Crippen LogP contribution in [0.2, 0.25) is 0 Å². The molecule has 0 radical (unpaired) electrons.